The van der Waals surface area contributed by atoms with Crippen molar-refractivity contribution in [1.29, 1.82) is 0 Å². The van der Waals surface area contributed by atoms with E-state index in [0.29, 0.717) is 19.4 Å². The molecule has 0 heterocycles. The molecule has 0 aliphatic heterocycles. The first kappa shape index (κ1) is 19.6. The van der Waals surface area contributed by atoms with Gasteiger partial charge in [-0.25, -0.2) is 17.2 Å². The second-order valence-corrected chi connectivity index (χ2v) is 7.61. The molecule has 1 aliphatic rings. The fourth-order valence-corrected chi connectivity index (χ4v) is 4.30. The Balaban J connectivity index is 2.15. The molecule has 9 heteroatoms. The van der Waals surface area contributed by atoms with E-state index < -0.39 is 28.6 Å². The van der Waals surface area contributed by atoms with Gasteiger partial charge in [-0.2, -0.15) is 4.72 Å². The molecule has 1 fully saturated rings. The zero-order valence-electron chi connectivity index (χ0n) is 13.9. The van der Waals surface area contributed by atoms with Gasteiger partial charge in [0, 0.05) is 6.54 Å². The van der Waals surface area contributed by atoms with Crippen molar-refractivity contribution in [3.8, 4) is 5.75 Å². The number of hydrogen-bond acceptors (Lipinski definition) is 4. The molecule has 0 bridgehead atoms. The largest absolute Gasteiger partial charge is 0.488 e. The monoisotopic (exact) mass is 376 g/mol. The van der Waals surface area contributed by atoms with Crippen LogP contribution in [0.2, 0.25) is 0 Å². The quantitative estimate of drug-likeness (QED) is 0.727. The summed E-state index contributed by atoms with van der Waals surface area (Å²) in [6, 6.07) is 5.15. The zero-order chi connectivity index (χ0) is 18.5. The van der Waals surface area contributed by atoms with Gasteiger partial charge in [0.15, 0.2) is 0 Å². The lowest BCUT2D eigenvalue weighted by molar-refractivity contribution is -0.126. The van der Waals surface area contributed by atoms with E-state index in [9.17, 15) is 22.0 Å². The maximum absolute atomic E-state index is 12.6. The number of likely N-dealkylation sites (N-methyl/N-ethyl adjacent to an activating group) is 1. The second kappa shape index (κ2) is 8.09. The highest BCUT2D eigenvalue weighted by Gasteiger charge is 2.44. The zero-order valence-corrected chi connectivity index (χ0v) is 14.7. The molecule has 6 nitrogen and oxygen atoms in total. The average molecular weight is 376 g/mol. The standard InChI is InChI=1S/C16H22F2N2O4S/c1-2-19-15(21)16(9-3-4-10-16)20-25(22,23)13-7-5-12(6-8-13)24-11-14(17)18/h5-8,14,20H,2-4,9-11H2,1H3,(H,19,21). The number of alkyl halides is 2. The molecule has 0 aromatic heterocycles. The third-order valence-electron chi connectivity index (χ3n) is 4.07. The lowest BCUT2D eigenvalue weighted by atomic mass is 9.98. The smallest absolute Gasteiger partial charge is 0.272 e. The van der Waals surface area contributed by atoms with Crippen LogP contribution in [0, 0.1) is 0 Å². The van der Waals surface area contributed by atoms with Crippen molar-refractivity contribution < 1.29 is 26.7 Å². The van der Waals surface area contributed by atoms with Crippen LogP contribution in [-0.2, 0) is 14.8 Å². The SMILES string of the molecule is CCNC(=O)C1(NS(=O)(=O)c2ccc(OCC(F)F)cc2)CCCC1. The molecule has 140 valence electrons. The van der Waals surface area contributed by atoms with E-state index in [-0.39, 0.29) is 16.6 Å². The Morgan fingerprint density at radius 2 is 1.84 bits per heavy atom. The van der Waals surface area contributed by atoms with Crippen LogP contribution in [0.15, 0.2) is 29.2 Å². The highest BCUT2D eigenvalue weighted by Crippen LogP contribution is 2.32. The van der Waals surface area contributed by atoms with Crippen LogP contribution in [0.4, 0.5) is 8.78 Å². The van der Waals surface area contributed by atoms with E-state index in [1.165, 1.54) is 24.3 Å². The van der Waals surface area contributed by atoms with Crippen LogP contribution in [0.5, 0.6) is 5.75 Å². The van der Waals surface area contributed by atoms with Crippen molar-refractivity contribution in [1.82, 2.24) is 10.0 Å². The molecular formula is C16H22F2N2O4S. The summed E-state index contributed by atoms with van der Waals surface area (Å²) in [7, 11) is -3.93. The summed E-state index contributed by atoms with van der Waals surface area (Å²) in [5, 5.41) is 2.68. The van der Waals surface area contributed by atoms with Gasteiger partial charge in [-0.05, 0) is 44.0 Å². The molecule has 0 radical (unpaired) electrons. The fraction of sp³-hybridized carbons (Fsp3) is 0.562. The summed E-state index contributed by atoms with van der Waals surface area (Å²) < 4.78 is 56.9. The van der Waals surface area contributed by atoms with Crippen LogP contribution in [-0.4, -0.2) is 39.4 Å². The molecule has 1 aromatic rings. The number of carbonyl (C=O) groups is 1. The summed E-state index contributed by atoms with van der Waals surface area (Å²) in [6.07, 6.45) is -0.203. The summed E-state index contributed by atoms with van der Waals surface area (Å²) in [5.74, 6) is -0.175. The van der Waals surface area contributed by atoms with Crippen molar-refractivity contribution in [3.05, 3.63) is 24.3 Å². The summed E-state index contributed by atoms with van der Waals surface area (Å²) in [4.78, 5) is 12.3. The first-order valence-corrected chi connectivity index (χ1v) is 9.61. The van der Waals surface area contributed by atoms with Crippen molar-refractivity contribution >= 4 is 15.9 Å². The number of nitrogens with one attached hydrogen (secondary N) is 2. The topological polar surface area (TPSA) is 84.5 Å². The Bertz CT molecular complexity index is 687. The van der Waals surface area contributed by atoms with Crippen LogP contribution >= 0.6 is 0 Å². The van der Waals surface area contributed by atoms with Crippen LogP contribution < -0.4 is 14.8 Å². The lowest BCUT2D eigenvalue weighted by Gasteiger charge is -2.28. The molecule has 0 spiro atoms. The number of benzene rings is 1. The molecule has 0 unspecified atom stereocenters. The van der Waals surface area contributed by atoms with Crippen molar-refractivity contribution in [2.24, 2.45) is 0 Å². The molecule has 2 rings (SSSR count). The molecule has 25 heavy (non-hydrogen) atoms. The van der Waals surface area contributed by atoms with Crippen molar-refractivity contribution in [3.63, 3.8) is 0 Å². The predicted octanol–water partition coefficient (Wildman–Crippen LogP) is 2.06. The summed E-state index contributed by atoms with van der Waals surface area (Å²) >= 11 is 0. The Kier molecular flexibility index (Phi) is 6.34. The van der Waals surface area contributed by atoms with E-state index in [1.807, 2.05) is 0 Å². The fourth-order valence-electron chi connectivity index (χ4n) is 2.87. The average Bonchev–Trinajstić information content (AvgIpc) is 3.02. The third-order valence-corrected chi connectivity index (χ3v) is 5.62. The van der Waals surface area contributed by atoms with Gasteiger partial charge < -0.3 is 10.1 Å². The molecule has 0 saturated heterocycles. The highest BCUT2D eigenvalue weighted by molar-refractivity contribution is 7.89. The second-order valence-electron chi connectivity index (χ2n) is 5.93. The van der Waals surface area contributed by atoms with E-state index in [4.69, 9.17) is 4.74 Å². The number of halogens is 2. The molecule has 1 aliphatic carbocycles. The van der Waals surface area contributed by atoms with Gasteiger partial charge >= 0.3 is 0 Å². The highest BCUT2D eigenvalue weighted by atomic mass is 32.2. The van der Waals surface area contributed by atoms with E-state index in [2.05, 4.69) is 10.0 Å². The molecule has 1 amide bonds. The predicted molar refractivity (Wildman–Crippen MR) is 88.1 cm³/mol. The number of ether oxygens (including phenoxy) is 1. The van der Waals surface area contributed by atoms with Gasteiger partial charge in [-0.1, -0.05) is 12.8 Å². The van der Waals surface area contributed by atoms with Gasteiger partial charge in [0.2, 0.25) is 15.9 Å². The maximum Gasteiger partial charge on any atom is 0.272 e. The first-order valence-electron chi connectivity index (χ1n) is 8.12. The van der Waals surface area contributed by atoms with Gasteiger partial charge in [0.05, 0.1) is 4.90 Å². The number of amides is 1. The number of carbonyl (C=O) groups excluding carboxylic acids is 1. The Morgan fingerprint density at radius 1 is 1.24 bits per heavy atom. The van der Waals surface area contributed by atoms with Gasteiger partial charge in [-0.3, -0.25) is 4.79 Å². The van der Waals surface area contributed by atoms with Gasteiger partial charge in [-0.15, -0.1) is 0 Å². The van der Waals surface area contributed by atoms with E-state index >= 15 is 0 Å². The molecule has 1 aromatic carbocycles. The van der Waals surface area contributed by atoms with Crippen LogP contribution in [0.25, 0.3) is 0 Å². The van der Waals surface area contributed by atoms with Gasteiger partial charge in [0.25, 0.3) is 6.43 Å². The lowest BCUT2D eigenvalue weighted by Crippen LogP contribution is -2.56. The minimum absolute atomic E-state index is 0.0486. The third kappa shape index (κ3) is 4.88. The van der Waals surface area contributed by atoms with Crippen LogP contribution in [0.3, 0.4) is 0 Å². The Morgan fingerprint density at radius 3 is 2.36 bits per heavy atom. The minimum Gasteiger partial charge on any atom is -0.488 e. The number of sulfonamides is 1. The first-order chi connectivity index (χ1) is 11.8. The van der Waals surface area contributed by atoms with E-state index in [0.717, 1.165) is 12.8 Å². The molecule has 0 atom stereocenters. The Labute approximate surface area is 146 Å². The van der Waals surface area contributed by atoms with E-state index in [1.54, 1.807) is 6.92 Å². The maximum atomic E-state index is 12.6. The minimum atomic E-state index is -3.93. The van der Waals surface area contributed by atoms with Crippen LogP contribution in [0.1, 0.15) is 32.6 Å². The summed E-state index contributed by atoms with van der Waals surface area (Å²) in [5.41, 5.74) is -1.14. The molecule has 2 N–H and O–H groups in total. The Hall–Kier alpha value is -1.74. The molecular weight excluding hydrogens is 354 g/mol. The summed E-state index contributed by atoms with van der Waals surface area (Å²) in [6.45, 7) is 1.43. The normalized spacial score (nSPS) is 16.8. The van der Waals surface area contributed by atoms with Gasteiger partial charge in [0.1, 0.15) is 17.9 Å². The number of rotatable bonds is 8. The van der Waals surface area contributed by atoms with Crippen molar-refractivity contribution in [2.45, 2.75) is 49.5 Å². The van der Waals surface area contributed by atoms with Crippen molar-refractivity contribution in [2.75, 3.05) is 13.2 Å². The number of hydrogen-bond donors (Lipinski definition) is 2. The molecule has 1 saturated carbocycles.